The summed E-state index contributed by atoms with van der Waals surface area (Å²) in [6, 6.07) is 10.3. The maximum atomic E-state index is 13.5. The second-order valence-electron chi connectivity index (χ2n) is 8.11. The highest BCUT2D eigenvalue weighted by atomic mass is 16.4. The van der Waals surface area contributed by atoms with Gasteiger partial charge in [-0.05, 0) is 43.3 Å². The molecule has 7 N–H and O–H groups in total. The normalized spacial score (nSPS) is 13.0. The number of rotatable bonds is 10. The number of para-hydroxylation sites is 1. The van der Waals surface area contributed by atoms with Crippen molar-refractivity contribution < 1.29 is 34.2 Å². The van der Waals surface area contributed by atoms with Gasteiger partial charge in [-0.2, -0.15) is 0 Å². The quantitative estimate of drug-likeness (QED) is 0.131. The van der Waals surface area contributed by atoms with Crippen molar-refractivity contribution in [1.29, 1.82) is 5.41 Å². The number of hydrogen-bond acceptors (Lipinski definition) is 7. The van der Waals surface area contributed by atoms with Gasteiger partial charge in [-0.1, -0.05) is 18.2 Å². The zero-order chi connectivity index (χ0) is 28.1. The molecular formula is C24H28N6O7. The van der Waals surface area contributed by atoms with Crippen LogP contribution in [0, 0.1) is 5.41 Å². The molecule has 0 aliphatic heterocycles. The van der Waals surface area contributed by atoms with Gasteiger partial charge < -0.3 is 21.7 Å². The Bertz CT molecular complexity index is 1200. The molecule has 2 aromatic rings. The van der Waals surface area contributed by atoms with E-state index >= 15 is 0 Å². The van der Waals surface area contributed by atoms with Gasteiger partial charge in [0, 0.05) is 31.0 Å². The van der Waals surface area contributed by atoms with Crippen LogP contribution in [0.2, 0.25) is 0 Å². The minimum absolute atomic E-state index is 0.0981. The van der Waals surface area contributed by atoms with Crippen LogP contribution in [-0.4, -0.2) is 76.4 Å². The molecule has 0 saturated carbocycles. The minimum Gasteiger partial charge on any atom is -0.481 e. The lowest BCUT2D eigenvalue weighted by molar-refractivity contribution is -0.156. The van der Waals surface area contributed by atoms with Crippen molar-refractivity contribution in [1.82, 2.24) is 4.90 Å². The van der Waals surface area contributed by atoms with Crippen LogP contribution in [0.3, 0.4) is 0 Å². The molecule has 0 bridgehead atoms. The Morgan fingerprint density at radius 2 is 1.49 bits per heavy atom. The lowest BCUT2D eigenvalue weighted by atomic mass is 9.98. The van der Waals surface area contributed by atoms with E-state index in [9.17, 15) is 29.1 Å². The molecule has 2 atom stereocenters. The number of nitrogens with one attached hydrogen (secondary N) is 1. The summed E-state index contributed by atoms with van der Waals surface area (Å²) in [5, 5.41) is 27.0. The molecule has 0 radical (unpaired) electrons. The second-order valence-corrected chi connectivity index (χ2v) is 8.11. The molecule has 0 unspecified atom stereocenters. The second kappa shape index (κ2) is 11.3. The van der Waals surface area contributed by atoms with Crippen LogP contribution in [0.5, 0.6) is 0 Å². The molecular weight excluding hydrogens is 484 g/mol. The van der Waals surface area contributed by atoms with E-state index in [0.29, 0.717) is 15.4 Å². The Kier molecular flexibility index (Phi) is 8.69. The van der Waals surface area contributed by atoms with Gasteiger partial charge in [0.15, 0.2) is 5.78 Å². The fraction of sp³-hybridized carbons (Fsp3) is 0.250. The van der Waals surface area contributed by atoms with Crippen molar-refractivity contribution in [3.8, 4) is 0 Å². The van der Waals surface area contributed by atoms with Crippen LogP contribution >= 0.6 is 0 Å². The van der Waals surface area contributed by atoms with Gasteiger partial charge in [0.2, 0.25) is 5.91 Å². The standard InChI is InChI=1S/C24H28N6O7/c1-14(31)24(22(35)36,29(3)23(37)28(2)16-11-9-15(10-12-16)20(26)27)30(17-7-5-4-6-8-17)21(34)18(25)13-19(32)33/h4-12,18H,13,25H2,1-3H3,(H3,26,27)(H,32,33)(H,35,36)/t18-,24-/m0/s1. The third kappa shape index (κ3) is 5.56. The Morgan fingerprint density at radius 3 is 1.92 bits per heavy atom. The van der Waals surface area contributed by atoms with Crippen molar-refractivity contribution in [3.63, 3.8) is 0 Å². The summed E-state index contributed by atoms with van der Waals surface area (Å²) in [5.74, 6) is -5.80. The van der Waals surface area contributed by atoms with Crippen molar-refractivity contribution in [2.75, 3.05) is 23.9 Å². The fourth-order valence-corrected chi connectivity index (χ4v) is 3.76. The van der Waals surface area contributed by atoms with Crippen LogP contribution in [-0.2, 0) is 19.2 Å². The van der Waals surface area contributed by atoms with E-state index in [4.69, 9.17) is 22.0 Å². The molecule has 0 aliphatic carbocycles. The van der Waals surface area contributed by atoms with E-state index in [1.807, 2.05) is 0 Å². The van der Waals surface area contributed by atoms with E-state index in [0.717, 1.165) is 18.9 Å². The number of nitrogen functional groups attached to an aromatic ring is 1. The van der Waals surface area contributed by atoms with Gasteiger partial charge >= 0.3 is 18.0 Å². The highest BCUT2D eigenvalue weighted by molar-refractivity contribution is 6.19. The van der Waals surface area contributed by atoms with Gasteiger partial charge in [-0.15, -0.1) is 0 Å². The number of Topliss-reactive ketones (excluding diaryl/α,β-unsaturated/α-hetero) is 1. The molecule has 0 fully saturated rings. The van der Waals surface area contributed by atoms with Crippen molar-refractivity contribution >= 4 is 46.9 Å². The number of amidine groups is 1. The summed E-state index contributed by atoms with van der Waals surface area (Å²) < 4.78 is 0. The molecule has 0 spiro atoms. The predicted molar refractivity (Wildman–Crippen MR) is 134 cm³/mol. The zero-order valence-electron chi connectivity index (χ0n) is 20.4. The monoisotopic (exact) mass is 512 g/mol. The summed E-state index contributed by atoms with van der Waals surface area (Å²) in [7, 11) is 2.35. The molecule has 13 nitrogen and oxygen atoms in total. The van der Waals surface area contributed by atoms with Crippen molar-refractivity contribution in [2.45, 2.75) is 25.0 Å². The summed E-state index contributed by atoms with van der Waals surface area (Å²) in [4.78, 5) is 66.3. The van der Waals surface area contributed by atoms with Crippen LogP contribution in [0.25, 0.3) is 0 Å². The number of urea groups is 1. The summed E-state index contributed by atoms with van der Waals surface area (Å²) in [6.45, 7) is 0.894. The van der Waals surface area contributed by atoms with Gasteiger partial charge in [0.1, 0.15) is 5.84 Å². The number of carbonyl (C=O) groups excluding carboxylic acids is 3. The first-order valence-electron chi connectivity index (χ1n) is 10.8. The average molecular weight is 513 g/mol. The maximum Gasteiger partial charge on any atom is 0.359 e. The number of nitrogens with two attached hydrogens (primary N) is 2. The van der Waals surface area contributed by atoms with E-state index in [1.165, 1.54) is 55.6 Å². The summed E-state index contributed by atoms with van der Waals surface area (Å²) >= 11 is 0. The Labute approximate surface area is 212 Å². The van der Waals surface area contributed by atoms with Crippen LogP contribution < -0.4 is 21.3 Å². The molecule has 0 aromatic heterocycles. The van der Waals surface area contributed by atoms with Crippen molar-refractivity contribution in [2.24, 2.45) is 11.5 Å². The molecule has 2 aromatic carbocycles. The molecule has 37 heavy (non-hydrogen) atoms. The number of carboxylic acid groups (broad SMARTS) is 2. The van der Waals surface area contributed by atoms with E-state index in [1.54, 1.807) is 6.07 Å². The molecule has 0 heterocycles. The molecule has 13 heteroatoms. The highest BCUT2D eigenvalue weighted by Crippen LogP contribution is 2.31. The van der Waals surface area contributed by atoms with Crippen LogP contribution in [0.15, 0.2) is 54.6 Å². The number of anilines is 2. The number of carbonyl (C=O) groups is 5. The molecule has 2 rings (SSSR count). The zero-order valence-corrected chi connectivity index (χ0v) is 20.4. The Morgan fingerprint density at radius 1 is 0.946 bits per heavy atom. The SMILES string of the molecule is CC(=O)[C@](C(=O)O)(N(C)C(=O)N(C)c1ccc(C(=N)N)cc1)N(C(=O)[C@@H](N)CC(=O)O)c1ccccc1. The Balaban J connectivity index is 2.70. The van der Waals surface area contributed by atoms with Crippen LogP contribution in [0.1, 0.15) is 18.9 Å². The van der Waals surface area contributed by atoms with Gasteiger partial charge in [-0.25, -0.2) is 9.59 Å². The number of amides is 3. The van der Waals surface area contributed by atoms with Gasteiger partial charge in [-0.3, -0.25) is 34.5 Å². The number of benzene rings is 2. The lowest BCUT2D eigenvalue weighted by Gasteiger charge is -2.45. The third-order valence-corrected chi connectivity index (χ3v) is 5.68. The number of ketones is 1. The average Bonchev–Trinajstić information content (AvgIpc) is 2.85. The third-order valence-electron chi connectivity index (χ3n) is 5.68. The number of hydrogen-bond donors (Lipinski definition) is 5. The van der Waals surface area contributed by atoms with E-state index < -0.39 is 47.8 Å². The number of nitrogens with zero attached hydrogens (tertiary/aromatic N) is 3. The summed E-state index contributed by atoms with van der Waals surface area (Å²) in [5.41, 5.74) is 8.87. The Hall–Kier alpha value is -4.78. The first kappa shape index (κ1) is 28.5. The van der Waals surface area contributed by atoms with Crippen LogP contribution in [0.4, 0.5) is 16.2 Å². The molecule has 196 valence electrons. The maximum absolute atomic E-state index is 13.5. The lowest BCUT2D eigenvalue weighted by Crippen LogP contribution is -2.74. The largest absolute Gasteiger partial charge is 0.481 e. The van der Waals surface area contributed by atoms with Gasteiger partial charge in [0.25, 0.3) is 5.66 Å². The number of aliphatic carboxylic acids is 2. The first-order valence-corrected chi connectivity index (χ1v) is 10.8. The van der Waals surface area contributed by atoms with E-state index in [2.05, 4.69) is 0 Å². The topological polar surface area (TPSA) is 211 Å². The van der Waals surface area contributed by atoms with Crippen molar-refractivity contribution in [3.05, 3.63) is 60.2 Å². The minimum atomic E-state index is -2.93. The molecule has 3 amide bonds. The first-order chi connectivity index (χ1) is 17.3. The smallest absolute Gasteiger partial charge is 0.359 e. The highest BCUT2D eigenvalue weighted by Gasteiger charge is 2.58. The fourth-order valence-electron chi connectivity index (χ4n) is 3.76. The molecule has 0 aliphatic rings. The summed E-state index contributed by atoms with van der Waals surface area (Å²) in [6.07, 6.45) is -0.851. The van der Waals surface area contributed by atoms with Gasteiger partial charge in [0.05, 0.1) is 12.5 Å². The number of likely N-dealkylation sites (N-methyl/N-ethyl adjacent to an activating group) is 1. The van der Waals surface area contributed by atoms with E-state index in [-0.39, 0.29) is 17.2 Å². The number of carboxylic acids is 2. The molecule has 0 saturated heterocycles. The predicted octanol–water partition coefficient (Wildman–Crippen LogP) is 0.664.